The minimum Gasteiger partial charge on any atom is -0.357 e. The van der Waals surface area contributed by atoms with Gasteiger partial charge in [-0.15, -0.1) is 10.2 Å². The number of rotatable bonds is 5. The average molecular weight is 376 g/mol. The standard InChI is InChI=1S/C18H19F3N6/c1-2-22-17(23-11-13-6-8-14(9-7-13)18(19,20)21)24-12-16-26-25-15-5-3-4-10-27(15)16/h3-10H,2,11-12H2,1H3,(H2,22,23,24). The molecule has 0 aliphatic rings. The molecule has 0 saturated heterocycles. The van der Waals surface area contributed by atoms with E-state index in [0.717, 1.165) is 23.6 Å². The highest BCUT2D eigenvalue weighted by Crippen LogP contribution is 2.29. The van der Waals surface area contributed by atoms with Crippen molar-refractivity contribution < 1.29 is 13.2 Å². The van der Waals surface area contributed by atoms with Crippen LogP contribution in [-0.4, -0.2) is 27.1 Å². The molecule has 6 nitrogen and oxygen atoms in total. The average Bonchev–Trinajstić information content (AvgIpc) is 3.07. The molecule has 0 spiro atoms. The fourth-order valence-corrected chi connectivity index (χ4v) is 2.49. The zero-order chi connectivity index (χ0) is 19.3. The molecule has 9 heteroatoms. The number of nitrogens with one attached hydrogen (secondary N) is 2. The summed E-state index contributed by atoms with van der Waals surface area (Å²) in [6.07, 6.45) is -2.46. The second-order valence-corrected chi connectivity index (χ2v) is 5.79. The van der Waals surface area contributed by atoms with Gasteiger partial charge in [0.25, 0.3) is 0 Å². The van der Waals surface area contributed by atoms with E-state index in [1.165, 1.54) is 12.1 Å². The molecule has 142 valence electrons. The van der Waals surface area contributed by atoms with Crippen molar-refractivity contribution in [3.63, 3.8) is 0 Å². The van der Waals surface area contributed by atoms with Crippen molar-refractivity contribution in [1.82, 2.24) is 25.2 Å². The van der Waals surface area contributed by atoms with Gasteiger partial charge in [0.2, 0.25) is 0 Å². The molecule has 0 aliphatic carbocycles. The summed E-state index contributed by atoms with van der Waals surface area (Å²) in [6.45, 7) is 3.25. The van der Waals surface area contributed by atoms with Gasteiger partial charge in [-0.2, -0.15) is 13.2 Å². The van der Waals surface area contributed by atoms with Crippen molar-refractivity contribution in [2.75, 3.05) is 6.54 Å². The molecule has 0 unspecified atom stereocenters. The first-order valence-electron chi connectivity index (χ1n) is 8.44. The minimum absolute atomic E-state index is 0.258. The Morgan fingerprint density at radius 1 is 1.07 bits per heavy atom. The number of aromatic nitrogens is 3. The third kappa shape index (κ3) is 4.75. The van der Waals surface area contributed by atoms with E-state index in [1.54, 1.807) is 0 Å². The van der Waals surface area contributed by atoms with E-state index in [-0.39, 0.29) is 6.54 Å². The molecular weight excluding hydrogens is 357 g/mol. The van der Waals surface area contributed by atoms with E-state index in [2.05, 4.69) is 25.8 Å². The summed E-state index contributed by atoms with van der Waals surface area (Å²) in [7, 11) is 0. The summed E-state index contributed by atoms with van der Waals surface area (Å²) in [5, 5.41) is 14.5. The summed E-state index contributed by atoms with van der Waals surface area (Å²) >= 11 is 0. The van der Waals surface area contributed by atoms with Crippen molar-refractivity contribution >= 4 is 11.6 Å². The highest BCUT2D eigenvalue weighted by molar-refractivity contribution is 5.79. The van der Waals surface area contributed by atoms with Gasteiger partial charge in [-0.25, -0.2) is 4.99 Å². The smallest absolute Gasteiger partial charge is 0.357 e. The number of halogens is 3. The predicted molar refractivity (Wildman–Crippen MR) is 96.1 cm³/mol. The third-order valence-corrected chi connectivity index (χ3v) is 3.84. The molecule has 2 N–H and O–H groups in total. The van der Waals surface area contributed by atoms with Crippen LogP contribution in [-0.2, 0) is 19.3 Å². The second kappa shape index (κ2) is 8.07. The highest BCUT2D eigenvalue weighted by Gasteiger charge is 2.29. The van der Waals surface area contributed by atoms with E-state index in [9.17, 15) is 13.2 Å². The van der Waals surface area contributed by atoms with E-state index >= 15 is 0 Å². The van der Waals surface area contributed by atoms with Crippen LogP contribution < -0.4 is 10.6 Å². The van der Waals surface area contributed by atoms with E-state index in [4.69, 9.17) is 0 Å². The van der Waals surface area contributed by atoms with Gasteiger partial charge in [-0.05, 0) is 36.8 Å². The lowest BCUT2D eigenvalue weighted by molar-refractivity contribution is -0.137. The van der Waals surface area contributed by atoms with Gasteiger partial charge in [0, 0.05) is 12.7 Å². The number of hydrogen-bond donors (Lipinski definition) is 2. The minimum atomic E-state index is -4.33. The zero-order valence-corrected chi connectivity index (χ0v) is 14.7. The van der Waals surface area contributed by atoms with E-state index in [1.807, 2.05) is 35.7 Å². The fourth-order valence-electron chi connectivity index (χ4n) is 2.49. The predicted octanol–water partition coefficient (Wildman–Crippen LogP) is 3.00. The second-order valence-electron chi connectivity index (χ2n) is 5.79. The first-order valence-corrected chi connectivity index (χ1v) is 8.44. The van der Waals surface area contributed by atoms with Crippen LogP contribution >= 0.6 is 0 Å². The number of alkyl halides is 3. The number of benzene rings is 1. The Morgan fingerprint density at radius 3 is 2.56 bits per heavy atom. The maximum Gasteiger partial charge on any atom is 0.416 e. The summed E-state index contributed by atoms with van der Waals surface area (Å²) in [5.41, 5.74) is 0.771. The van der Waals surface area contributed by atoms with Gasteiger partial charge in [-0.3, -0.25) is 4.40 Å². The van der Waals surface area contributed by atoms with E-state index in [0.29, 0.717) is 24.6 Å². The monoisotopic (exact) mass is 376 g/mol. The van der Waals surface area contributed by atoms with Gasteiger partial charge in [0.1, 0.15) is 0 Å². The summed E-state index contributed by atoms with van der Waals surface area (Å²) in [6, 6.07) is 10.6. The largest absolute Gasteiger partial charge is 0.416 e. The normalized spacial score (nSPS) is 12.4. The Labute approximate surface area is 154 Å². The van der Waals surface area contributed by atoms with Crippen molar-refractivity contribution in [2.45, 2.75) is 26.2 Å². The third-order valence-electron chi connectivity index (χ3n) is 3.84. The number of nitrogens with zero attached hydrogens (tertiary/aromatic N) is 4. The molecule has 0 radical (unpaired) electrons. The van der Waals surface area contributed by atoms with Gasteiger partial charge in [-0.1, -0.05) is 18.2 Å². The highest BCUT2D eigenvalue weighted by atomic mass is 19.4. The molecule has 3 aromatic rings. The van der Waals surface area contributed by atoms with Crippen molar-refractivity contribution in [3.8, 4) is 0 Å². The SMILES string of the molecule is CCNC(=NCc1ccc(C(F)(F)F)cc1)NCc1nnc2ccccn12. The topological polar surface area (TPSA) is 66.6 Å². The van der Waals surface area contributed by atoms with Crippen LogP contribution in [0.25, 0.3) is 5.65 Å². The van der Waals surface area contributed by atoms with Crippen LogP contribution in [0.1, 0.15) is 23.9 Å². The van der Waals surface area contributed by atoms with Gasteiger partial charge < -0.3 is 10.6 Å². The molecule has 0 bridgehead atoms. The Hall–Kier alpha value is -3.10. The van der Waals surface area contributed by atoms with Crippen LogP contribution in [0.2, 0.25) is 0 Å². The number of guanidine groups is 1. The molecule has 27 heavy (non-hydrogen) atoms. The van der Waals surface area contributed by atoms with Crippen LogP contribution in [0.4, 0.5) is 13.2 Å². The zero-order valence-electron chi connectivity index (χ0n) is 14.7. The van der Waals surface area contributed by atoms with Gasteiger partial charge >= 0.3 is 6.18 Å². The lowest BCUT2D eigenvalue weighted by Gasteiger charge is -2.11. The Balaban J connectivity index is 1.66. The lowest BCUT2D eigenvalue weighted by atomic mass is 10.1. The lowest BCUT2D eigenvalue weighted by Crippen LogP contribution is -2.37. The summed E-state index contributed by atoms with van der Waals surface area (Å²) in [4.78, 5) is 4.41. The molecule has 0 fully saturated rings. The number of fused-ring (bicyclic) bond motifs is 1. The molecule has 0 amide bonds. The van der Waals surface area contributed by atoms with Gasteiger partial charge in [0.05, 0.1) is 18.7 Å². The van der Waals surface area contributed by atoms with Crippen molar-refractivity contribution in [3.05, 3.63) is 65.6 Å². The summed E-state index contributed by atoms with van der Waals surface area (Å²) in [5.74, 6) is 1.27. The van der Waals surface area contributed by atoms with Crippen molar-refractivity contribution in [1.29, 1.82) is 0 Å². The first kappa shape index (κ1) is 18.7. The maximum absolute atomic E-state index is 12.6. The fraction of sp³-hybridized carbons (Fsp3) is 0.278. The molecular formula is C18H19F3N6. The molecule has 1 aromatic carbocycles. The molecule has 0 aliphatic heterocycles. The maximum atomic E-state index is 12.6. The molecule has 0 saturated carbocycles. The number of hydrogen-bond acceptors (Lipinski definition) is 3. The van der Waals surface area contributed by atoms with E-state index < -0.39 is 11.7 Å². The van der Waals surface area contributed by atoms with Gasteiger partial charge in [0.15, 0.2) is 17.4 Å². The Bertz CT molecular complexity index is 915. The summed E-state index contributed by atoms with van der Waals surface area (Å²) < 4.78 is 39.7. The molecule has 2 heterocycles. The Kier molecular flexibility index (Phi) is 5.58. The molecule has 2 aromatic heterocycles. The number of aliphatic imine (C=N–C) groups is 1. The van der Waals surface area contributed by atoms with Crippen LogP contribution in [0.5, 0.6) is 0 Å². The quantitative estimate of drug-likeness (QED) is 0.531. The van der Waals surface area contributed by atoms with Crippen LogP contribution in [0.15, 0.2) is 53.7 Å². The number of pyridine rings is 1. The van der Waals surface area contributed by atoms with Crippen LogP contribution in [0, 0.1) is 0 Å². The Morgan fingerprint density at radius 2 is 1.85 bits per heavy atom. The molecule has 0 atom stereocenters. The van der Waals surface area contributed by atoms with Crippen LogP contribution in [0.3, 0.4) is 0 Å². The first-order chi connectivity index (χ1) is 13.0. The van der Waals surface area contributed by atoms with Crippen molar-refractivity contribution in [2.24, 2.45) is 4.99 Å². The molecule has 3 rings (SSSR count).